The standard InChI is InChI=1S/C20H34N4O3/c1-15-11-16(2)13-20(12-15)18(26)24(19(27)22-20)14-17(25)21-7-6-10-23-8-4-3-5-9-23/h15-16H,3-14H2,1-2H3,(H,21,25)(H,22,27)/t15-,16+,20?. The van der Waals surface area contributed by atoms with Crippen LogP contribution in [0.25, 0.3) is 0 Å². The highest BCUT2D eigenvalue weighted by Crippen LogP contribution is 2.39. The first-order valence-electron chi connectivity index (χ1n) is 10.5. The summed E-state index contributed by atoms with van der Waals surface area (Å²) >= 11 is 0. The summed E-state index contributed by atoms with van der Waals surface area (Å²) in [4.78, 5) is 41.0. The molecule has 7 heteroatoms. The normalized spacial score (nSPS) is 32.0. The maximum atomic E-state index is 12.9. The predicted octanol–water partition coefficient (Wildman–Crippen LogP) is 1.73. The van der Waals surface area contributed by atoms with E-state index in [2.05, 4.69) is 29.4 Å². The Balaban J connectivity index is 1.44. The Hall–Kier alpha value is -1.63. The van der Waals surface area contributed by atoms with Gasteiger partial charge in [0.05, 0.1) is 0 Å². The number of nitrogens with zero attached hydrogens (tertiary/aromatic N) is 2. The van der Waals surface area contributed by atoms with Crippen molar-refractivity contribution in [2.45, 2.75) is 64.3 Å². The van der Waals surface area contributed by atoms with Crippen molar-refractivity contribution in [1.29, 1.82) is 0 Å². The predicted molar refractivity (Wildman–Crippen MR) is 103 cm³/mol. The third-order valence-electron chi connectivity index (χ3n) is 6.17. The van der Waals surface area contributed by atoms with Crippen molar-refractivity contribution >= 4 is 17.8 Å². The Morgan fingerprint density at radius 3 is 2.48 bits per heavy atom. The molecule has 152 valence electrons. The van der Waals surface area contributed by atoms with E-state index in [0.717, 1.165) is 37.4 Å². The number of urea groups is 1. The molecule has 7 nitrogen and oxygen atoms in total. The fourth-order valence-electron chi connectivity index (χ4n) is 5.14. The molecule has 0 bridgehead atoms. The zero-order valence-electron chi connectivity index (χ0n) is 16.8. The van der Waals surface area contributed by atoms with E-state index in [1.165, 1.54) is 19.3 Å². The monoisotopic (exact) mass is 378 g/mol. The van der Waals surface area contributed by atoms with Gasteiger partial charge in [-0.2, -0.15) is 0 Å². The van der Waals surface area contributed by atoms with Crippen molar-refractivity contribution < 1.29 is 14.4 Å². The van der Waals surface area contributed by atoms with Crippen LogP contribution in [0, 0.1) is 11.8 Å². The first-order chi connectivity index (χ1) is 12.9. The lowest BCUT2D eigenvalue weighted by Gasteiger charge is -2.37. The van der Waals surface area contributed by atoms with Gasteiger partial charge in [-0.25, -0.2) is 4.79 Å². The van der Waals surface area contributed by atoms with Crippen LogP contribution in [0.1, 0.15) is 58.8 Å². The summed E-state index contributed by atoms with van der Waals surface area (Å²) in [7, 11) is 0. The minimum Gasteiger partial charge on any atom is -0.354 e. The third-order valence-corrected chi connectivity index (χ3v) is 6.17. The molecular weight excluding hydrogens is 344 g/mol. The fourth-order valence-corrected chi connectivity index (χ4v) is 5.14. The number of carbonyl (C=O) groups is 3. The Kier molecular flexibility index (Phi) is 6.40. The van der Waals surface area contributed by atoms with Crippen LogP contribution in [-0.2, 0) is 9.59 Å². The lowest BCUT2D eigenvalue weighted by atomic mass is 9.71. The number of hydrogen-bond acceptors (Lipinski definition) is 4. The van der Waals surface area contributed by atoms with E-state index in [0.29, 0.717) is 31.2 Å². The van der Waals surface area contributed by atoms with Crippen LogP contribution in [0.2, 0.25) is 0 Å². The van der Waals surface area contributed by atoms with Gasteiger partial charge in [-0.3, -0.25) is 14.5 Å². The molecule has 3 aliphatic rings. The van der Waals surface area contributed by atoms with Crippen molar-refractivity contribution in [3.63, 3.8) is 0 Å². The van der Waals surface area contributed by atoms with Crippen LogP contribution in [0.15, 0.2) is 0 Å². The van der Waals surface area contributed by atoms with Crippen LogP contribution in [0.3, 0.4) is 0 Å². The lowest BCUT2D eigenvalue weighted by Crippen LogP contribution is -2.52. The van der Waals surface area contributed by atoms with E-state index in [1.807, 2.05) is 0 Å². The molecule has 2 aliphatic heterocycles. The van der Waals surface area contributed by atoms with Crippen LogP contribution in [-0.4, -0.2) is 65.9 Å². The number of likely N-dealkylation sites (tertiary alicyclic amines) is 1. The second kappa shape index (κ2) is 8.59. The van der Waals surface area contributed by atoms with Gasteiger partial charge in [0.1, 0.15) is 12.1 Å². The molecule has 1 aliphatic carbocycles. The first kappa shape index (κ1) is 20.1. The Bertz CT molecular complexity index is 564. The van der Waals surface area contributed by atoms with Crippen molar-refractivity contribution in [2.24, 2.45) is 11.8 Å². The molecule has 2 N–H and O–H groups in total. The zero-order valence-corrected chi connectivity index (χ0v) is 16.8. The number of imide groups is 1. The van der Waals surface area contributed by atoms with Crippen molar-refractivity contribution in [2.75, 3.05) is 32.7 Å². The van der Waals surface area contributed by atoms with Crippen molar-refractivity contribution in [1.82, 2.24) is 20.4 Å². The molecule has 3 atom stereocenters. The Labute approximate surface area is 162 Å². The highest BCUT2D eigenvalue weighted by Gasteiger charge is 2.54. The summed E-state index contributed by atoms with van der Waals surface area (Å²) in [5, 5.41) is 5.76. The number of carbonyl (C=O) groups excluding carboxylic acids is 3. The highest BCUT2D eigenvalue weighted by molar-refractivity contribution is 6.09. The quantitative estimate of drug-likeness (QED) is 0.545. The summed E-state index contributed by atoms with van der Waals surface area (Å²) in [5.74, 6) is 0.295. The summed E-state index contributed by atoms with van der Waals surface area (Å²) in [6.07, 6.45) is 7.13. The molecule has 0 aromatic carbocycles. The van der Waals surface area contributed by atoms with Gasteiger partial charge in [0, 0.05) is 6.54 Å². The van der Waals surface area contributed by atoms with Gasteiger partial charge in [0.2, 0.25) is 5.91 Å². The molecule has 0 aromatic heterocycles. The van der Waals surface area contributed by atoms with E-state index < -0.39 is 11.6 Å². The summed E-state index contributed by atoms with van der Waals surface area (Å²) in [5.41, 5.74) is -0.803. The second-order valence-electron chi connectivity index (χ2n) is 8.86. The summed E-state index contributed by atoms with van der Waals surface area (Å²) in [6.45, 7) is 7.92. The van der Waals surface area contributed by atoms with Crippen LogP contribution < -0.4 is 10.6 Å². The van der Waals surface area contributed by atoms with E-state index in [-0.39, 0.29) is 18.4 Å². The van der Waals surface area contributed by atoms with Crippen LogP contribution in [0.4, 0.5) is 4.79 Å². The number of amides is 4. The molecule has 4 amide bonds. The fraction of sp³-hybridized carbons (Fsp3) is 0.850. The largest absolute Gasteiger partial charge is 0.354 e. The minimum atomic E-state index is -0.803. The number of nitrogens with one attached hydrogen (secondary N) is 2. The minimum absolute atomic E-state index is 0.182. The van der Waals surface area contributed by atoms with Gasteiger partial charge in [-0.15, -0.1) is 0 Å². The lowest BCUT2D eigenvalue weighted by molar-refractivity contribution is -0.136. The average Bonchev–Trinajstić information content (AvgIpc) is 2.82. The Morgan fingerprint density at radius 1 is 1.15 bits per heavy atom. The number of piperidine rings is 1. The van der Waals surface area contributed by atoms with Gasteiger partial charge in [-0.1, -0.05) is 20.3 Å². The maximum Gasteiger partial charge on any atom is 0.325 e. The smallest absolute Gasteiger partial charge is 0.325 e. The first-order valence-corrected chi connectivity index (χ1v) is 10.5. The molecular formula is C20H34N4O3. The van der Waals surface area contributed by atoms with Crippen molar-refractivity contribution in [3.05, 3.63) is 0 Å². The Morgan fingerprint density at radius 2 is 1.81 bits per heavy atom. The molecule has 27 heavy (non-hydrogen) atoms. The van der Waals surface area contributed by atoms with Crippen molar-refractivity contribution in [3.8, 4) is 0 Å². The number of hydrogen-bond donors (Lipinski definition) is 2. The van der Waals surface area contributed by atoms with Gasteiger partial charge in [0.25, 0.3) is 5.91 Å². The number of rotatable bonds is 6. The van der Waals surface area contributed by atoms with Gasteiger partial charge in [-0.05, 0) is 70.0 Å². The average molecular weight is 379 g/mol. The van der Waals surface area contributed by atoms with Crippen LogP contribution >= 0.6 is 0 Å². The maximum absolute atomic E-state index is 12.9. The molecule has 1 saturated carbocycles. The topological polar surface area (TPSA) is 81.8 Å². The highest BCUT2D eigenvalue weighted by atomic mass is 16.2. The summed E-state index contributed by atoms with van der Waals surface area (Å²) < 4.78 is 0. The molecule has 1 unspecified atom stereocenters. The second-order valence-corrected chi connectivity index (χ2v) is 8.86. The van der Waals surface area contributed by atoms with E-state index in [1.54, 1.807) is 0 Å². The van der Waals surface area contributed by atoms with E-state index in [9.17, 15) is 14.4 Å². The summed E-state index contributed by atoms with van der Waals surface area (Å²) in [6, 6.07) is -0.426. The molecule has 1 spiro atoms. The zero-order chi connectivity index (χ0) is 19.4. The SMILES string of the molecule is C[C@@H]1C[C@H](C)CC2(C1)NC(=O)N(CC(=O)NCCCN1CCCCC1)C2=O. The molecule has 2 saturated heterocycles. The van der Waals surface area contributed by atoms with Gasteiger partial charge < -0.3 is 15.5 Å². The molecule has 0 aromatic rings. The van der Waals surface area contributed by atoms with Crippen LogP contribution in [0.5, 0.6) is 0 Å². The third kappa shape index (κ3) is 4.81. The molecule has 0 radical (unpaired) electrons. The molecule has 2 heterocycles. The van der Waals surface area contributed by atoms with Gasteiger partial charge >= 0.3 is 6.03 Å². The van der Waals surface area contributed by atoms with Gasteiger partial charge in [0.15, 0.2) is 0 Å². The molecule has 3 fully saturated rings. The van der Waals surface area contributed by atoms with E-state index in [4.69, 9.17) is 0 Å². The van der Waals surface area contributed by atoms with E-state index >= 15 is 0 Å². The molecule has 3 rings (SSSR count).